The third kappa shape index (κ3) is 6.81. The average Bonchev–Trinajstić information content (AvgIpc) is 3.11. The van der Waals surface area contributed by atoms with Gasteiger partial charge in [-0.3, -0.25) is 0 Å². The maximum Gasteiger partial charge on any atom is 0.185 e. The first-order valence-corrected chi connectivity index (χ1v) is 10.9. The van der Waals surface area contributed by atoms with E-state index in [1.54, 1.807) is 11.3 Å². The monoisotopic (exact) mass is 358 g/mol. The second-order valence-corrected chi connectivity index (χ2v) is 7.83. The molecule has 2 nitrogen and oxygen atoms in total. The summed E-state index contributed by atoms with van der Waals surface area (Å²) in [4.78, 5) is 7.47. The van der Waals surface area contributed by atoms with Crippen molar-refractivity contribution in [2.75, 3.05) is 18.0 Å². The van der Waals surface area contributed by atoms with Gasteiger partial charge >= 0.3 is 0 Å². The first-order valence-electron chi connectivity index (χ1n) is 10.0. The number of hydrogen-bond acceptors (Lipinski definition) is 3. The van der Waals surface area contributed by atoms with Crippen molar-refractivity contribution in [3.05, 3.63) is 35.2 Å². The van der Waals surface area contributed by atoms with E-state index in [1.807, 2.05) is 0 Å². The van der Waals surface area contributed by atoms with Gasteiger partial charge in [-0.2, -0.15) is 0 Å². The molecular formula is C22H34N2S. The molecule has 0 unspecified atom stereocenters. The topological polar surface area (TPSA) is 16.1 Å². The van der Waals surface area contributed by atoms with Crippen molar-refractivity contribution in [1.29, 1.82) is 0 Å². The number of aryl methyl sites for hydroxylation is 1. The van der Waals surface area contributed by atoms with Crippen molar-refractivity contribution in [2.24, 2.45) is 0 Å². The average molecular weight is 359 g/mol. The Labute approximate surface area is 158 Å². The summed E-state index contributed by atoms with van der Waals surface area (Å²) in [5.41, 5.74) is 3.64. The molecule has 0 saturated heterocycles. The fourth-order valence-corrected chi connectivity index (χ4v) is 3.92. The molecule has 0 aliphatic rings. The first kappa shape index (κ1) is 20.0. The van der Waals surface area contributed by atoms with E-state index >= 15 is 0 Å². The number of benzene rings is 1. The molecule has 0 aliphatic heterocycles. The summed E-state index contributed by atoms with van der Waals surface area (Å²) in [6.45, 7) is 8.97. The summed E-state index contributed by atoms with van der Waals surface area (Å²) >= 11 is 1.80. The van der Waals surface area contributed by atoms with Crippen LogP contribution in [0.4, 0.5) is 5.13 Å². The van der Waals surface area contributed by atoms with Gasteiger partial charge in [0.2, 0.25) is 0 Å². The first-order chi connectivity index (χ1) is 12.2. The molecule has 0 saturated carbocycles. The summed E-state index contributed by atoms with van der Waals surface area (Å²) in [5, 5.41) is 3.41. The van der Waals surface area contributed by atoms with Crippen molar-refractivity contribution in [1.82, 2.24) is 4.98 Å². The van der Waals surface area contributed by atoms with Gasteiger partial charge in [0.15, 0.2) is 5.13 Å². The van der Waals surface area contributed by atoms with Crippen molar-refractivity contribution in [3.8, 4) is 11.3 Å². The molecule has 138 valence electrons. The molecule has 3 heteroatoms. The van der Waals surface area contributed by atoms with Crippen LogP contribution in [0.2, 0.25) is 0 Å². The van der Waals surface area contributed by atoms with Crippen molar-refractivity contribution in [3.63, 3.8) is 0 Å². The minimum atomic E-state index is 1.12. The fraction of sp³-hybridized carbons (Fsp3) is 0.591. The smallest absolute Gasteiger partial charge is 0.185 e. The molecule has 0 fully saturated rings. The summed E-state index contributed by atoms with van der Waals surface area (Å²) in [6.07, 6.45) is 10.5. The van der Waals surface area contributed by atoms with Crippen LogP contribution in [0.15, 0.2) is 29.6 Å². The Balaban J connectivity index is 2.00. The molecular weight excluding hydrogens is 324 g/mol. The summed E-state index contributed by atoms with van der Waals surface area (Å²) in [5.74, 6) is 0. The lowest BCUT2D eigenvalue weighted by atomic mass is 10.1. The van der Waals surface area contributed by atoms with Crippen LogP contribution in [-0.4, -0.2) is 18.1 Å². The van der Waals surface area contributed by atoms with E-state index in [4.69, 9.17) is 4.98 Å². The van der Waals surface area contributed by atoms with Gasteiger partial charge in [0.25, 0.3) is 0 Å². The van der Waals surface area contributed by atoms with E-state index in [0.717, 1.165) is 18.8 Å². The van der Waals surface area contributed by atoms with Crippen LogP contribution in [0.3, 0.4) is 0 Å². The fourth-order valence-electron chi connectivity index (χ4n) is 3.03. The molecule has 1 aromatic heterocycles. The lowest BCUT2D eigenvalue weighted by Gasteiger charge is -2.22. The predicted octanol–water partition coefficient (Wildman–Crippen LogP) is 7.09. The SMILES string of the molecule is CCCCCCN(CCCCCC)c1nc(-c2ccc(C)cc2)cs1. The molecule has 0 N–H and O–H groups in total. The number of anilines is 1. The van der Waals surface area contributed by atoms with Crippen LogP contribution in [0.1, 0.15) is 70.8 Å². The maximum atomic E-state index is 4.95. The number of nitrogens with zero attached hydrogens (tertiary/aromatic N) is 2. The number of aromatic nitrogens is 1. The summed E-state index contributed by atoms with van der Waals surface area (Å²) in [7, 11) is 0. The molecule has 0 spiro atoms. The van der Waals surface area contributed by atoms with E-state index in [-0.39, 0.29) is 0 Å². The van der Waals surface area contributed by atoms with E-state index in [1.165, 1.54) is 67.6 Å². The van der Waals surface area contributed by atoms with Gasteiger partial charge in [0.05, 0.1) is 5.69 Å². The van der Waals surface area contributed by atoms with Crippen LogP contribution in [-0.2, 0) is 0 Å². The highest BCUT2D eigenvalue weighted by Gasteiger charge is 2.12. The zero-order valence-corrected chi connectivity index (χ0v) is 17.1. The molecule has 2 aromatic rings. The van der Waals surface area contributed by atoms with Crippen LogP contribution in [0.25, 0.3) is 11.3 Å². The van der Waals surface area contributed by atoms with Gasteiger partial charge in [-0.25, -0.2) is 4.98 Å². The molecule has 1 aromatic carbocycles. The molecule has 0 aliphatic carbocycles. The number of rotatable bonds is 12. The highest BCUT2D eigenvalue weighted by molar-refractivity contribution is 7.14. The lowest BCUT2D eigenvalue weighted by molar-refractivity contribution is 0.608. The largest absolute Gasteiger partial charge is 0.348 e. The summed E-state index contributed by atoms with van der Waals surface area (Å²) in [6, 6.07) is 8.70. The Bertz CT molecular complexity index is 576. The molecule has 0 radical (unpaired) electrons. The normalized spacial score (nSPS) is 11.0. The van der Waals surface area contributed by atoms with E-state index in [2.05, 4.69) is 55.3 Å². The van der Waals surface area contributed by atoms with Crippen LogP contribution in [0.5, 0.6) is 0 Å². The zero-order chi connectivity index (χ0) is 17.9. The molecule has 0 bridgehead atoms. The minimum absolute atomic E-state index is 1.12. The van der Waals surface area contributed by atoms with Gasteiger partial charge in [-0.1, -0.05) is 82.2 Å². The van der Waals surface area contributed by atoms with E-state index in [0.29, 0.717) is 0 Å². The van der Waals surface area contributed by atoms with Crippen LogP contribution in [0, 0.1) is 6.92 Å². The zero-order valence-electron chi connectivity index (χ0n) is 16.3. The number of thiazole rings is 1. The Morgan fingerprint density at radius 1 is 0.840 bits per heavy atom. The molecule has 25 heavy (non-hydrogen) atoms. The van der Waals surface area contributed by atoms with Crippen molar-refractivity contribution < 1.29 is 0 Å². The molecule has 0 amide bonds. The Kier molecular flexibility index (Phi) is 9.03. The van der Waals surface area contributed by atoms with Gasteiger partial charge in [0, 0.05) is 24.0 Å². The van der Waals surface area contributed by atoms with Gasteiger partial charge < -0.3 is 4.90 Å². The Hall–Kier alpha value is -1.35. The van der Waals surface area contributed by atoms with Crippen molar-refractivity contribution >= 4 is 16.5 Å². The lowest BCUT2D eigenvalue weighted by Crippen LogP contribution is -2.25. The Morgan fingerprint density at radius 3 is 2.00 bits per heavy atom. The predicted molar refractivity (Wildman–Crippen MR) is 113 cm³/mol. The number of unbranched alkanes of at least 4 members (excludes halogenated alkanes) is 6. The standard InChI is InChI=1S/C22H34N2S/c1-4-6-8-10-16-24(17-11-9-7-5-2)22-23-21(18-25-22)20-14-12-19(3)13-15-20/h12-15,18H,4-11,16-17H2,1-3H3. The maximum absolute atomic E-state index is 4.95. The van der Waals surface area contributed by atoms with Crippen LogP contribution < -0.4 is 4.90 Å². The highest BCUT2D eigenvalue weighted by atomic mass is 32.1. The van der Waals surface area contributed by atoms with E-state index < -0.39 is 0 Å². The molecule has 0 atom stereocenters. The third-order valence-corrected chi connectivity index (χ3v) is 5.57. The quantitative estimate of drug-likeness (QED) is 0.377. The van der Waals surface area contributed by atoms with Gasteiger partial charge in [0.1, 0.15) is 0 Å². The highest BCUT2D eigenvalue weighted by Crippen LogP contribution is 2.28. The van der Waals surface area contributed by atoms with Gasteiger partial charge in [-0.15, -0.1) is 11.3 Å². The summed E-state index contributed by atoms with van der Waals surface area (Å²) < 4.78 is 0. The van der Waals surface area contributed by atoms with Crippen LogP contribution >= 0.6 is 11.3 Å². The molecule has 2 rings (SSSR count). The Morgan fingerprint density at radius 2 is 1.44 bits per heavy atom. The second kappa shape index (κ2) is 11.3. The third-order valence-electron chi connectivity index (χ3n) is 4.67. The minimum Gasteiger partial charge on any atom is -0.348 e. The second-order valence-electron chi connectivity index (χ2n) is 6.99. The number of hydrogen-bond donors (Lipinski definition) is 0. The van der Waals surface area contributed by atoms with Crippen molar-refractivity contribution in [2.45, 2.75) is 72.1 Å². The van der Waals surface area contributed by atoms with Gasteiger partial charge in [-0.05, 0) is 19.8 Å². The molecule has 1 heterocycles. The van der Waals surface area contributed by atoms with E-state index in [9.17, 15) is 0 Å².